The number of aliphatic hydroxyl groups excluding tert-OH is 2. The molecule has 0 spiro atoms. The predicted molar refractivity (Wildman–Crippen MR) is 154 cm³/mol. The summed E-state index contributed by atoms with van der Waals surface area (Å²) in [6, 6.07) is 1.19. The Morgan fingerprint density at radius 2 is 1.54 bits per heavy atom. The molecule has 5 atom stereocenters. The number of phenolic OH excluding ortho intramolecular Hbond substituents is 1. The number of phenols is 1. The highest BCUT2D eigenvalue weighted by molar-refractivity contribution is 5.94. The number of nitrogens with two attached hydrogens (primary N) is 1. The summed E-state index contributed by atoms with van der Waals surface area (Å²) in [6.07, 6.45) is 3.84. The summed E-state index contributed by atoms with van der Waals surface area (Å²) in [5, 5.41) is 44.2. The van der Waals surface area contributed by atoms with Crippen molar-refractivity contribution in [1.82, 2.24) is 15.5 Å². The second-order valence-corrected chi connectivity index (χ2v) is 10.9. The Labute approximate surface area is 242 Å². The van der Waals surface area contributed by atoms with Gasteiger partial charge in [-0.1, -0.05) is 65.0 Å². The zero-order valence-corrected chi connectivity index (χ0v) is 24.6. The number of unbranched alkanes of at least 4 members (excludes halogenated alkanes) is 4. The summed E-state index contributed by atoms with van der Waals surface area (Å²) in [5.41, 5.74) is 6.55. The number of carboxylic acid groups (broad SMARTS) is 1. The average molecular weight is 581 g/mol. The molecule has 0 aromatic heterocycles. The Kier molecular flexibility index (Phi) is 15.9. The van der Waals surface area contributed by atoms with Gasteiger partial charge in [0.15, 0.2) is 0 Å². The Balaban J connectivity index is 2.92. The number of carbonyl (C=O) groups is 4. The van der Waals surface area contributed by atoms with Gasteiger partial charge in [0.1, 0.15) is 30.0 Å². The fraction of sp³-hybridized carbons (Fsp3) is 0.655. The van der Waals surface area contributed by atoms with Crippen LogP contribution in [0.5, 0.6) is 5.75 Å². The molecule has 232 valence electrons. The van der Waals surface area contributed by atoms with Gasteiger partial charge in [0.05, 0.1) is 6.61 Å². The first-order valence-electron chi connectivity index (χ1n) is 14.2. The third kappa shape index (κ3) is 12.4. The molecule has 12 nitrogen and oxygen atoms in total. The number of rotatable bonds is 19. The van der Waals surface area contributed by atoms with Gasteiger partial charge in [-0.05, 0) is 36.5 Å². The molecule has 0 fully saturated rings. The zero-order valence-electron chi connectivity index (χ0n) is 24.6. The minimum atomic E-state index is -1.58. The van der Waals surface area contributed by atoms with Gasteiger partial charge < -0.3 is 41.7 Å². The summed E-state index contributed by atoms with van der Waals surface area (Å²) in [4.78, 5) is 52.1. The van der Waals surface area contributed by atoms with E-state index in [1.807, 2.05) is 13.8 Å². The first-order valence-corrected chi connectivity index (χ1v) is 14.2. The molecular formula is C29H48N4O8. The number of carbonyl (C=O) groups excluding carboxylic acids is 3. The van der Waals surface area contributed by atoms with Crippen LogP contribution in [-0.4, -0.2) is 92.9 Å². The van der Waals surface area contributed by atoms with Gasteiger partial charge in [-0.2, -0.15) is 0 Å². The number of likely N-dealkylation sites (N-methyl/N-ethyl adjacent to an activating group) is 1. The van der Waals surface area contributed by atoms with Crippen LogP contribution in [-0.2, 0) is 25.6 Å². The molecule has 1 aromatic rings. The molecule has 3 amide bonds. The smallest absolute Gasteiger partial charge is 0.326 e. The highest BCUT2D eigenvalue weighted by Crippen LogP contribution is 2.15. The Morgan fingerprint density at radius 1 is 0.951 bits per heavy atom. The summed E-state index contributed by atoms with van der Waals surface area (Å²) in [7, 11) is 1.33. The van der Waals surface area contributed by atoms with Crippen LogP contribution in [0.15, 0.2) is 24.3 Å². The van der Waals surface area contributed by atoms with E-state index in [1.165, 1.54) is 19.2 Å². The van der Waals surface area contributed by atoms with Gasteiger partial charge >= 0.3 is 5.97 Å². The number of amides is 3. The molecule has 12 heteroatoms. The van der Waals surface area contributed by atoms with Gasteiger partial charge in [-0.25, -0.2) is 4.79 Å². The molecule has 0 bridgehead atoms. The number of nitrogens with zero attached hydrogens (tertiary/aromatic N) is 1. The topological polar surface area (TPSA) is 203 Å². The number of aliphatic carboxylic acids is 1. The first-order chi connectivity index (χ1) is 19.3. The lowest BCUT2D eigenvalue weighted by molar-refractivity contribution is -0.146. The van der Waals surface area contributed by atoms with Crippen molar-refractivity contribution in [3.63, 3.8) is 0 Å². The number of hydrogen-bond donors (Lipinski definition) is 7. The van der Waals surface area contributed by atoms with Crippen LogP contribution in [0.1, 0.15) is 71.3 Å². The maximum atomic E-state index is 13.3. The lowest BCUT2D eigenvalue weighted by Crippen LogP contribution is -2.59. The molecule has 1 aromatic carbocycles. The van der Waals surface area contributed by atoms with Gasteiger partial charge in [0, 0.05) is 19.5 Å². The SMILES string of the molecule is CCCCCCCC(N)C(O)C(=O)NC(CO)C(=O)N(C)C(CC(C)C)C(=O)NC(Cc1ccc(O)cc1)C(=O)O. The Bertz CT molecular complexity index is 972. The van der Waals surface area contributed by atoms with Gasteiger partial charge in [-0.15, -0.1) is 0 Å². The van der Waals surface area contributed by atoms with Crippen molar-refractivity contribution < 1.29 is 39.6 Å². The minimum Gasteiger partial charge on any atom is -0.508 e. The summed E-state index contributed by atoms with van der Waals surface area (Å²) in [5.74, 6) is -3.73. The van der Waals surface area contributed by atoms with Crippen molar-refractivity contribution in [3.8, 4) is 5.75 Å². The number of carboxylic acids is 1. The molecule has 0 radical (unpaired) electrons. The highest BCUT2D eigenvalue weighted by Gasteiger charge is 2.35. The molecular weight excluding hydrogens is 532 g/mol. The lowest BCUT2D eigenvalue weighted by Gasteiger charge is -2.32. The van der Waals surface area contributed by atoms with E-state index in [0.717, 1.165) is 37.0 Å². The number of aliphatic hydroxyl groups is 2. The number of hydrogen-bond acceptors (Lipinski definition) is 8. The van der Waals surface area contributed by atoms with Crippen molar-refractivity contribution >= 4 is 23.7 Å². The summed E-state index contributed by atoms with van der Waals surface area (Å²) in [6.45, 7) is 4.96. The fourth-order valence-corrected chi connectivity index (χ4v) is 4.40. The molecule has 1 rings (SSSR count). The third-order valence-corrected chi connectivity index (χ3v) is 6.92. The van der Waals surface area contributed by atoms with Crippen molar-refractivity contribution in [2.75, 3.05) is 13.7 Å². The van der Waals surface area contributed by atoms with E-state index in [1.54, 1.807) is 12.1 Å². The molecule has 41 heavy (non-hydrogen) atoms. The maximum absolute atomic E-state index is 13.3. The first kappa shape index (κ1) is 35.8. The van der Waals surface area contributed by atoms with Gasteiger partial charge in [0.25, 0.3) is 5.91 Å². The number of benzene rings is 1. The molecule has 0 saturated heterocycles. The van der Waals surface area contributed by atoms with E-state index >= 15 is 0 Å². The van der Waals surface area contributed by atoms with Crippen LogP contribution in [0.2, 0.25) is 0 Å². The lowest BCUT2D eigenvalue weighted by atomic mass is 9.99. The zero-order chi connectivity index (χ0) is 31.1. The molecule has 0 heterocycles. The van der Waals surface area contributed by atoms with Crippen LogP contribution in [0.25, 0.3) is 0 Å². The van der Waals surface area contributed by atoms with E-state index in [-0.39, 0.29) is 24.5 Å². The normalized spacial score (nSPS) is 14.9. The standard InChI is InChI=1S/C29H48N4O8/c1-5-6-7-8-9-10-21(30)25(36)27(38)32-23(17-34)28(39)33(4)24(15-18(2)3)26(37)31-22(29(40)41)16-19-11-13-20(35)14-12-19/h11-14,18,21-25,34-36H,5-10,15-17,30H2,1-4H3,(H,31,37)(H,32,38)(H,40,41). The van der Waals surface area contributed by atoms with Crippen molar-refractivity contribution in [2.45, 2.75) is 102 Å². The average Bonchev–Trinajstić information content (AvgIpc) is 2.93. The van der Waals surface area contributed by atoms with Crippen molar-refractivity contribution in [2.24, 2.45) is 11.7 Å². The molecule has 8 N–H and O–H groups in total. The van der Waals surface area contributed by atoms with Crippen LogP contribution in [0.4, 0.5) is 0 Å². The fourth-order valence-electron chi connectivity index (χ4n) is 4.40. The van der Waals surface area contributed by atoms with Crippen molar-refractivity contribution in [3.05, 3.63) is 29.8 Å². The minimum absolute atomic E-state index is 0.0178. The van der Waals surface area contributed by atoms with Crippen LogP contribution >= 0.6 is 0 Å². The van der Waals surface area contributed by atoms with Crippen LogP contribution in [0, 0.1) is 5.92 Å². The second kappa shape index (κ2) is 18.3. The molecule has 0 aliphatic carbocycles. The van der Waals surface area contributed by atoms with E-state index in [0.29, 0.717) is 12.0 Å². The van der Waals surface area contributed by atoms with E-state index < -0.39 is 60.6 Å². The van der Waals surface area contributed by atoms with E-state index in [2.05, 4.69) is 17.6 Å². The Hall–Kier alpha value is -3.22. The highest BCUT2D eigenvalue weighted by atomic mass is 16.4. The number of aromatic hydroxyl groups is 1. The second-order valence-electron chi connectivity index (χ2n) is 10.9. The maximum Gasteiger partial charge on any atom is 0.326 e. The quantitative estimate of drug-likeness (QED) is 0.116. The van der Waals surface area contributed by atoms with Crippen LogP contribution < -0.4 is 16.4 Å². The number of nitrogens with one attached hydrogen (secondary N) is 2. The van der Waals surface area contributed by atoms with Crippen molar-refractivity contribution in [1.29, 1.82) is 0 Å². The van der Waals surface area contributed by atoms with Crippen LogP contribution in [0.3, 0.4) is 0 Å². The predicted octanol–water partition coefficient (Wildman–Crippen LogP) is 0.903. The molecule has 0 aliphatic rings. The Morgan fingerprint density at radius 3 is 2.07 bits per heavy atom. The largest absolute Gasteiger partial charge is 0.508 e. The monoisotopic (exact) mass is 580 g/mol. The van der Waals surface area contributed by atoms with Gasteiger partial charge in [-0.3, -0.25) is 14.4 Å². The van der Waals surface area contributed by atoms with Gasteiger partial charge in [0.2, 0.25) is 11.8 Å². The third-order valence-electron chi connectivity index (χ3n) is 6.92. The summed E-state index contributed by atoms with van der Waals surface area (Å²) < 4.78 is 0. The van der Waals surface area contributed by atoms with E-state index in [9.17, 15) is 39.6 Å². The molecule has 0 saturated carbocycles. The molecule has 5 unspecified atom stereocenters. The summed E-state index contributed by atoms with van der Waals surface area (Å²) >= 11 is 0. The molecule has 0 aliphatic heterocycles. The van der Waals surface area contributed by atoms with E-state index in [4.69, 9.17) is 5.73 Å².